The average Bonchev–Trinajstić information content (AvgIpc) is 2.80. The number of rotatable bonds is 6. The van der Waals surface area contributed by atoms with E-state index in [2.05, 4.69) is 19.2 Å². The van der Waals surface area contributed by atoms with Gasteiger partial charge in [0, 0.05) is 36.7 Å². The molecule has 0 radical (unpaired) electrons. The third-order valence-corrected chi connectivity index (χ3v) is 9.26. The van der Waals surface area contributed by atoms with Gasteiger partial charge in [0.25, 0.3) is 0 Å². The normalized spacial score (nSPS) is 33.7. The van der Waals surface area contributed by atoms with Crippen LogP contribution in [0.15, 0.2) is 24.3 Å². The van der Waals surface area contributed by atoms with Gasteiger partial charge in [-0.15, -0.1) is 0 Å². The van der Waals surface area contributed by atoms with Crippen LogP contribution in [0, 0.1) is 23.7 Å². The highest BCUT2D eigenvalue weighted by Gasteiger charge is 2.55. The molecule has 35 heavy (non-hydrogen) atoms. The number of nitrogens with one attached hydrogen (secondary N) is 1. The molecule has 0 aromatic heterocycles. The van der Waals surface area contributed by atoms with Crippen molar-refractivity contribution in [2.75, 3.05) is 19.6 Å². The lowest BCUT2D eigenvalue weighted by Gasteiger charge is -2.58. The molecular weight excluding hydrogens is 462 g/mol. The minimum absolute atomic E-state index is 0.0442. The van der Waals surface area contributed by atoms with Gasteiger partial charge >= 0.3 is 6.03 Å². The van der Waals surface area contributed by atoms with Gasteiger partial charge in [-0.25, -0.2) is 4.79 Å². The number of piperidine rings is 1. The molecule has 0 spiro atoms. The van der Waals surface area contributed by atoms with Gasteiger partial charge in [0.15, 0.2) is 0 Å². The molecular formula is C28H40ClN3O3. The molecule has 6 rings (SSSR count). The van der Waals surface area contributed by atoms with Crippen molar-refractivity contribution in [2.45, 2.75) is 82.9 Å². The van der Waals surface area contributed by atoms with Crippen molar-refractivity contribution in [3.63, 3.8) is 0 Å². The molecule has 4 saturated carbocycles. The van der Waals surface area contributed by atoms with E-state index in [1.807, 2.05) is 34.1 Å². The molecule has 4 aliphatic carbocycles. The molecule has 2 unspecified atom stereocenters. The number of aliphatic hydroxyl groups is 1. The molecule has 1 heterocycles. The molecule has 1 aromatic carbocycles. The van der Waals surface area contributed by atoms with Gasteiger partial charge in [0.1, 0.15) is 0 Å². The van der Waals surface area contributed by atoms with Gasteiger partial charge in [0.2, 0.25) is 5.91 Å². The van der Waals surface area contributed by atoms with E-state index >= 15 is 0 Å². The van der Waals surface area contributed by atoms with Crippen LogP contribution in [-0.4, -0.2) is 64.2 Å². The number of urea groups is 1. The van der Waals surface area contributed by atoms with Gasteiger partial charge < -0.3 is 20.2 Å². The third-order valence-electron chi connectivity index (χ3n) is 9.00. The fourth-order valence-corrected chi connectivity index (χ4v) is 7.73. The molecule has 192 valence electrons. The Labute approximate surface area is 214 Å². The van der Waals surface area contributed by atoms with E-state index in [-0.39, 0.29) is 29.9 Å². The van der Waals surface area contributed by atoms with Crippen LogP contribution < -0.4 is 5.32 Å². The fourth-order valence-electron chi connectivity index (χ4n) is 7.61. The lowest BCUT2D eigenvalue weighted by molar-refractivity contribution is -0.137. The van der Waals surface area contributed by atoms with Crippen LogP contribution in [0.2, 0.25) is 5.02 Å². The van der Waals surface area contributed by atoms with E-state index in [9.17, 15) is 14.7 Å². The summed E-state index contributed by atoms with van der Waals surface area (Å²) in [5.41, 5.74) is 0.488. The summed E-state index contributed by atoms with van der Waals surface area (Å²) in [4.78, 5) is 30.4. The number of hydrogen-bond donors (Lipinski definition) is 2. The van der Waals surface area contributed by atoms with Crippen LogP contribution in [0.1, 0.15) is 64.4 Å². The smallest absolute Gasteiger partial charge is 0.317 e. The van der Waals surface area contributed by atoms with Crippen LogP contribution in [0.3, 0.4) is 0 Å². The molecule has 3 amide bonds. The maximum Gasteiger partial charge on any atom is 0.317 e. The van der Waals surface area contributed by atoms with E-state index in [0.717, 1.165) is 57.1 Å². The number of carbonyl (C=O) groups is 2. The molecule has 1 aliphatic heterocycles. The Morgan fingerprint density at radius 3 is 2.49 bits per heavy atom. The molecule has 5 aliphatic rings. The number of amides is 3. The number of likely N-dealkylation sites (tertiary alicyclic amines) is 1. The Bertz CT molecular complexity index is 920. The fraction of sp³-hybridized carbons (Fsp3) is 0.714. The predicted molar refractivity (Wildman–Crippen MR) is 137 cm³/mol. The van der Waals surface area contributed by atoms with Crippen LogP contribution in [0.5, 0.6) is 0 Å². The highest BCUT2D eigenvalue weighted by atomic mass is 35.5. The molecule has 6 nitrogen and oxygen atoms in total. The molecule has 7 heteroatoms. The zero-order valence-electron chi connectivity index (χ0n) is 21.1. The van der Waals surface area contributed by atoms with Crippen LogP contribution in [-0.2, 0) is 11.2 Å². The van der Waals surface area contributed by atoms with Crippen LogP contribution in [0.4, 0.5) is 4.79 Å². The topological polar surface area (TPSA) is 72.9 Å². The first-order valence-electron chi connectivity index (χ1n) is 13.5. The monoisotopic (exact) mass is 501 g/mol. The Morgan fingerprint density at radius 1 is 1.17 bits per heavy atom. The van der Waals surface area contributed by atoms with E-state index in [0.29, 0.717) is 42.3 Å². The first-order valence-corrected chi connectivity index (χ1v) is 13.9. The maximum atomic E-state index is 13.3. The number of halogens is 1. The minimum Gasteiger partial charge on any atom is -0.390 e. The summed E-state index contributed by atoms with van der Waals surface area (Å²) in [6.07, 6.45) is 7.29. The van der Waals surface area contributed by atoms with Crippen molar-refractivity contribution in [3.8, 4) is 0 Å². The molecule has 5 fully saturated rings. The highest BCUT2D eigenvalue weighted by molar-refractivity contribution is 6.30. The molecule has 1 aromatic rings. The third kappa shape index (κ3) is 5.48. The summed E-state index contributed by atoms with van der Waals surface area (Å²) in [5.74, 6) is 1.87. The first-order chi connectivity index (χ1) is 16.7. The van der Waals surface area contributed by atoms with Gasteiger partial charge in [0.05, 0.1) is 12.0 Å². The molecule has 3 atom stereocenters. The summed E-state index contributed by atoms with van der Waals surface area (Å²) in [7, 11) is 0. The quantitative estimate of drug-likeness (QED) is 0.603. The lowest BCUT2D eigenvalue weighted by atomic mass is 9.52. The summed E-state index contributed by atoms with van der Waals surface area (Å²) >= 11 is 5.99. The second-order valence-corrected chi connectivity index (χ2v) is 12.5. The van der Waals surface area contributed by atoms with Crippen LogP contribution >= 0.6 is 11.6 Å². The van der Waals surface area contributed by atoms with Gasteiger partial charge in [-0.05, 0) is 100 Å². The highest BCUT2D eigenvalue weighted by Crippen LogP contribution is 2.55. The number of hydrogen-bond acceptors (Lipinski definition) is 3. The average molecular weight is 502 g/mol. The first kappa shape index (κ1) is 24.9. The Kier molecular flexibility index (Phi) is 7.06. The largest absolute Gasteiger partial charge is 0.390 e. The molecule has 1 saturated heterocycles. The SMILES string of the molecule is CC(C)N(C[C@H]1CCCN(C(=O)NC2C3CC4CC2CC(O)(C4)C3)C1)C(=O)Cc1ccc(Cl)cc1. The van der Waals surface area contributed by atoms with Gasteiger partial charge in [-0.1, -0.05) is 23.7 Å². The summed E-state index contributed by atoms with van der Waals surface area (Å²) in [6.45, 7) is 6.27. The lowest BCUT2D eigenvalue weighted by Crippen LogP contribution is -2.63. The van der Waals surface area contributed by atoms with Crippen molar-refractivity contribution in [1.82, 2.24) is 15.1 Å². The summed E-state index contributed by atoms with van der Waals surface area (Å²) < 4.78 is 0. The van der Waals surface area contributed by atoms with Crippen LogP contribution in [0.25, 0.3) is 0 Å². The van der Waals surface area contributed by atoms with E-state index in [4.69, 9.17) is 11.6 Å². The van der Waals surface area contributed by atoms with Crippen molar-refractivity contribution < 1.29 is 14.7 Å². The standard InChI is InChI=1S/C28H40ClN3O3/c1-18(2)32(25(33)12-19-5-7-24(29)8-6-19)17-20-4-3-9-31(16-20)27(34)30-26-22-10-21-11-23(26)15-28(35,13-21)14-22/h5-8,18,20-23,26,35H,3-4,9-17H2,1-2H3,(H,30,34)/t20-,21?,22?,23?,26?,28?/m0/s1. The van der Waals surface area contributed by atoms with E-state index in [1.165, 1.54) is 0 Å². The van der Waals surface area contributed by atoms with Crippen molar-refractivity contribution >= 4 is 23.5 Å². The Balaban J connectivity index is 1.17. The molecule has 2 N–H and O–H groups in total. The zero-order chi connectivity index (χ0) is 24.7. The van der Waals surface area contributed by atoms with Crippen molar-refractivity contribution in [1.29, 1.82) is 0 Å². The number of carbonyl (C=O) groups excluding carboxylic acids is 2. The van der Waals surface area contributed by atoms with E-state index in [1.54, 1.807) is 0 Å². The second-order valence-electron chi connectivity index (χ2n) is 12.1. The number of nitrogens with zero attached hydrogens (tertiary/aromatic N) is 2. The second kappa shape index (κ2) is 9.93. The van der Waals surface area contributed by atoms with Gasteiger partial charge in [-0.3, -0.25) is 4.79 Å². The van der Waals surface area contributed by atoms with Crippen molar-refractivity contribution in [2.24, 2.45) is 23.7 Å². The Hall–Kier alpha value is -1.79. The van der Waals surface area contributed by atoms with Crippen molar-refractivity contribution in [3.05, 3.63) is 34.9 Å². The minimum atomic E-state index is -0.479. The Morgan fingerprint density at radius 2 is 1.86 bits per heavy atom. The number of benzene rings is 1. The zero-order valence-corrected chi connectivity index (χ0v) is 21.8. The van der Waals surface area contributed by atoms with E-state index < -0.39 is 5.60 Å². The maximum absolute atomic E-state index is 13.3. The van der Waals surface area contributed by atoms with Gasteiger partial charge in [-0.2, -0.15) is 0 Å². The molecule has 4 bridgehead atoms. The predicted octanol–water partition coefficient (Wildman–Crippen LogP) is 4.48. The summed E-state index contributed by atoms with van der Waals surface area (Å²) in [5, 5.41) is 14.9. The summed E-state index contributed by atoms with van der Waals surface area (Å²) in [6, 6.07) is 7.83.